The number of benzene rings is 3. The smallest absolute Gasteiger partial charge is 0.243 e. The molecule has 0 saturated carbocycles. The molecule has 0 bridgehead atoms. The Balaban J connectivity index is 1.80. The van der Waals surface area contributed by atoms with Crippen molar-refractivity contribution in [1.82, 2.24) is 4.98 Å². The molecular weight excluding hydrogens is 354 g/mol. The van der Waals surface area contributed by atoms with E-state index in [9.17, 15) is 4.79 Å². The first kappa shape index (κ1) is 16.0. The zero-order chi connectivity index (χ0) is 18.2. The molecule has 2 heterocycles. The van der Waals surface area contributed by atoms with E-state index in [0.29, 0.717) is 10.9 Å². The number of fused-ring (bicyclic) bond motifs is 2. The maximum Gasteiger partial charge on any atom is 0.243 e. The van der Waals surface area contributed by atoms with Crippen LogP contribution in [0.2, 0.25) is 0 Å². The molecule has 1 aromatic heterocycles. The highest BCUT2D eigenvalue weighted by Crippen LogP contribution is 2.38. The Morgan fingerprint density at radius 1 is 0.815 bits per heavy atom. The van der Waals surface area contributed by atoms with E-state index in [2.05, 4.69) is 0 Å². The molecule has 1 amide bonds. The predicted octanol–water partition coefficient (Wildman–Crippen LogP) is 5.16. The van der Waals surface area contributed by atoms with Crippen LogP contribution in [0.25, 0.3) is 21.8 Å². The van der Waals surface area contributed by atoms with Crippen molar-refractivity contribution >= 4 is 56.0 Å². The Morgan fingerprint density at radius 2 is 1.41 bits per heavy atom. The van der Waals surface area contributed by atoms with E-state index in [1.165, 1.54) is 11.8 Å². The highest BCUT2D eigenvalue weighted by atomic mass is 32.2. The summed E-state index contributed by atoms with van der Waals surface area (Å²) in [6.45, 7) is 0. The Kier molecular flexibility index (Phi) is 3.87. The van der Waals surface area contributed by atoms with Crippen LogP contribution in [0, 0.1) is 0 Å². The van der Waals surface area contributed by atoms with Gasteiger partial charge in [0.05, 0.1) is 28.2 Å². The number of aromatic nitrogens is 1. The zero-order valence-electron chi connectivity index (χ0n) is 14.4. The first-order chi connectivity index (χ1) is 13.3. The Labute approximate surface area is 160 Å². The molecule has 1 aliphatic heterocycles. The monoisotopic (exact) mass is 369 g/mol. The van der Waals surface area contributed by atoms with E-state index in [-0.39, 0.29) is 5.91 Å². The summed E-state index contributed by atoms with van der Waals surface area (Å²) in [5.74, 6) is 0.424. The van der Waals surface area contributed by atoms with Gasteiger partial charge in [-0.2, -0.15) is 0 Å². The fourth-order valence-corrected chi connectivity index (χ4v) is 4.21. The SMILES string of the molecule is O=C1CSC(=Nc2ccccc2)N1c1c2ccccc2nc2ccccc12. The lowest BCUT2D eigenvalue weighted by atomic mass is 10.1. The summed E-state index contributed by atoms with van der Waals surface area (Å²) in [5.41, 5.74) is 3.44. The Bertz CT molecular complexity index is 1150. The van der Waals surface area contributed by atoms with Crippen molar-refractivity contribution in [2.24, 2.45) is 4.99 Å². The number of amides is 1. The van der Waals surface area contributed by atoms with Crippen LogP contribution in [-0.2, 0) is 4.79 Å². The number of carbonyl (C=O) groups excluding carboxylic acids is 1. The number of anilines is 1. The van der Waals surface area contributed by atoms with Gasteiger partial charge >= 0.3 is 0 Å². The molecule has 4 aromatic rings. The Morgan fingerprint density at radius 3 is 2.07 bits per heavy atom. The summed E-state index contributed by atoms with van der Waals surface area (Å²) in [5, 5.41) is 2.60. The standard InChI is InChI=1S/C22H15N3OS/c26-20-14-27-22(23-15-8-2-1-3-9-15)25(20)21-16-10-4-6-12-18(16)24-19-13-7-5-11-17(19)21/h1-13H,14H2. The molecule has 5 rings (SSSR count). The second kappa shape index (κ2) is 6.52. The third-order valence-corrected chi connectivity index (χ3v) is 5.45. The first-order valence-electron chi connectivity index (χ1n) is 8.68. The van der Waals surface area contributed by atoms with E-state index >= 15 is 0 Å². The number of aliphatic imine (C=N–C) groups is 1. The Hall–Kier alpha value is -3.18. The van der Waals surface area contributed by atoms with Crippen molar-refractivity contribution in [3.8, 4) is 0 Å². The zero-order valence-corrected chi connectivity index (χ0v) is 15.2. The van der Waals surface area contributed by atoms with Gasteiger partial charge in [-0.25, -0.2) is 9.98 Å². The lowest BCUT2D eigenvalue weighted by Gasteiger charge is -2.20. The van der Waals surface area contributed by atoms with Gasteiger partial charge < -0.3 is 0 Å². The third-order valence-electron chi connectivity index (χ3n) is 4.53. The quantitative estimate of drug-likeness (QED) is 0.459. The van der Waals surface area contributed by atoms with Crippen molar-refractivity contribution < 1.29 is 4.79 Å². The number of amidine groups is 1. The maximum absolute atomic E-state index is 12.9. The largest absolute Gasteiger partial charge is 0.273 e. The van der Waals surface area contributed by atoms with Gasteiger partial charge in [-0.05, 0) is 24.3 Å². The highest BCUT2D eigenvalue weighted by molar-refractivity contribution is 8.15. The predicted molar refractivity (Wildman–Crippen MR) is 113 cm³/mol. The lowest BCUT2D eigenvalue weighted by Crippen LogP contribution is -2.29. The van der Waals surface area contributed by atoms with Gasteiger partial charge in [0.25, 0.3) is 0 Å². The molecule has 0 spiro atoms. The van der Waals surface area contributed by atoms with Gasteiger partial charge in [0.1, 0.15) is 0 Å². The summed E-state index contributed by atoms with van der Waals surface area (Å²) in [6, 6.07) is 25.6. The second-order valence-electron chi connectivity index (χ2n) is 6.24. The van der Waals surface area contributed by atoms with Gasteiger partial charge in [0.15, 0.2) is 5.17 Å². The molecule has 0 N–H and O–H groups in total. The summed E-state index contributed by atoms with van der Waals surface area (Å²) in [6.07, 6.45) is 0. The summed E-state index contributed by atoms with van der Waals surface area (Å²) in [4.78, 5) is 24.1. The van der Waals surface area contributed by atoms with Crippen LogP contribution in [0.15, 0.2) is 83.9 Å². The number of hydrogen-bond acceptors (Lipinski definition) is 4. The van der Waals surface area contributed by atoms with Gasteiger partial charge in [-0.1, -0.05) is 66.4 Å². The molecule has 0 atom stereocenters. The van der Waals surface area contributed by atoms with Crippen LogP contribution in [-0.4, -0.2) is 21.8 Å². The molecule has 5 heteroatoms. The normalized spacial score (nSPS) is 15.9. The first-order valence-corrected chi connectivity index (χ1v) is 9.67. The second-order valence-corrected chi connectivity index (χ2v) is 7.18. The summed E-state index contributed by atoms with van der Waals surface area (Å²) >= 11 is 1.47. The van der Waals surface area contributed by atoms with Crippen LogP contribution < -0.4 is 4.90 Å². The molecule has 3 aromatic carbocycles. The van der Waals surface area contributed by atoms with Crippen molar-refractivity contribution in [2.75, 3.05) is 10.7 Å². The van der Waals surface area contributed by atoms with E-state index in [0.717, 1.165) is 33.2 Å². The molecule has 1 aliphatic rings. The van der Waals surface area contributed by atoms with E-state index in [1.807, 2.05) is 78.9 Å². The number of nitrogens with zero attached hydrogens (tertiary/aromatic N) is 3. The average Bonchev–Trinajstić information content (AvgIpc) is 3.06. The lowest BCUT2D eigenvalue weighted by molar-refractivity contribution is -0.115. The molecule has 130 valence electrons. The number of carbonyl (C=O) groups is 1. The van der Waals surface area contributed by atoms with Crippen LogP contribution in [0.5, 0.6) is 0 Å². The van der Waals surface area contributed by atoms with Gasteiger partial charge in [0.2, 0.25) is 5.91 Å². The average molecular weight is 369 g/mol. The van der Waals surface area contributed by atoms with Crippen LogP contribution in [0.3, 0.4) is 0 Å². The number of rotatable bonds is 2. The number of thioether (sulfide) groups is 1. The fraction of sp³-hybridized carbons (Fsp3) is 0.0455. The van der Waals surface area contributed by atoms with Crippen molar-refractivity contribution in [2.45, 2.75) is 0 Å². The minimum Gasteiger partial charge on any atom is -0.273 e. The number of para-hydroxylation sites is 3. The molecule has 1 saturated heterocycles. The number of pyridine rings is 1. The summed E-state index contributed by atoms with van der Waals surface area (Å²) in [7, 11) is 0. The van der Waals surface area contributed by atoms with Crippen molar-refractivity contribution in [1.29, 1.82) is 0 Å². The third kappa shape index (κ3) is 2.76. The fourth-order valence-electron chi connectivity index (χ4n) is 3.34. The minimum atomic E-state index is 0.0381. The molecule has 0 unspecified atom stereocenters. The van der Waals surface area contributed by atoms with Crippen molar-refractivity contribution in [3.05, 3.63) is 78.9 Å². The molecule has 0 radical (unpaired) electrons. The van der Waals surface area contributed by atoms with Crippen molar-refractivity contribution in [3.63, 3.8) is 0 Å². The molecule has 0 aliphatic carbocycles. The number of hydrogen-bond donors (Lipinski definition) is 0. The minimum absolute atomic E-state index is 0.0381. The topological polar surface area (TPSA) is 45.6 Å². The highest BCUT2D eigenvalue weighted by Gasteiger charge is 2.32. The van der Waals surface area contributed by atoms with Crippen LogP contribution in [0.1, 0.15) is 0 Å². The molecule has 4 nitrogen and oxygen atoms in total. The van der Waals surface area contributed by atoms with Crippen LogP contribution >= 0.6 is 11.8 Å². The van der Waals surface area contributed by atoms with E-state index < -0.39 is 0 Å². The van der Waals surface area contributed by atoms with Gasteiger partial charge in [-0.3, -0.25) is 9.69 Å². The molecular formula is C22H15N3OS. The summed E-state index contributed by atoms with van der Waals surface area (Å²) < 4.78 is 0. The van der Waals surface area contributed by atoms with Crippen LogP contribution in [0.4, 0.5) is 11.4 Å². The van der Waals surface area contributed by atoms with E-state index in [4.69, 9.17) is 9.98 Å². The molecule has 1 fully saturated rings. The van der Waals surface area contributed by atoms with E-state index in [1.54, 1.807) is 4.90 Å². The molecule has 27 heavy (non-hydrogen) atoms. The van der Waals surface area contributed by atoms with Gasteiger partial charge in [-0.15, -0.1) is 0 Å². The van der Waals surface area contributed by atoms with Gasteiger partial charge in [0, 0.05) is 10.8 Å². The maximum atomic E-state index is 12.9.